The molecule has 3 heterocycles. The molecule has 4 N–H and O–H groups in total. The highest BCUT2D eigenvalue weighted by molar-refractivity contribution is 6.03. The van der Waals surface area contributed by atoms with Crippen LogP contribution in [-0.2, 0) is 23.6 Å². The molecule has 0 saturated carbocycles. The number of amides is 4. The molecule has 4 amide bonds. The molecule has 3 rings (SSSR count). The first-order valence-corrected chi connectivity index (χ1v) is 17.6. The molecular formula is C35H58N8O5. The number of hydrogen-bond acceptors (Lipinski definition) is 7. The van der Waals surface area contributed by atoms with Crippen molar-refractivity contribution in [3.05, 3.63) is 30.0 Å². The van der Waals surface area contributed by atoms with Crippen LogP contribution in [0.2, 0.25) is 0 Å². The predicted octanol–water partition coefficient (Wildman–Crippen LogP) is 5.59. The van der Waals surface area contributed by atoms with Crippen LogP contribution in [0.4, 0.5) is 16.3 Å². The van der Waals surface area contributed by atoms with Gasteiger partial charge in [-0.25, -0.2) is 9.78 Å². The Hall–Kier alpha value is -3.87. The van der Waals surface area contributed by atoms with Gasteiger partial charge >= 0.3 is 6.09 Å². The Morgan fingerprint density at radius 3 is 2.10 bits per heavy atom. The lowest BCUT2D eigenvalue weighted by Crippen LogP contribution is -2.41. The van der Waals surface area contributed by atoms with E-state index in [4.69, 9.17) is 4.74 Å². The number of carbonyl (C=O) groups excluding carboxylic acids is 4. The number of anilines is 2. The van der Waals surface area contributed by atoms with E-state index in [9.17, 15) is 19.2 Å². The molecule has 1 fully saturated rings. The maximum Gasteiger partial charge on any atom is 0.413 e. The Kier molecular flexibility index (Phi) is 15.0. The minimum Gasteiger partial charge on any atom is -0.444 e. The van der Waals surface area contributed by atoms with Crippen LogP contribution in [0.1, 0.15) is 126 Å². The number of imidazole rings is 1. The van der Waals surface area contributed by atoms with E-state index in [2.05, 4.69) is 33.2 Å². The minimum absolute atomic E-state index is 0.00364. The van der Waals surface area contributed by atoms with Gasteiger partial charge in [-0.2, -0.15) is 0 Å². The summed E-state index contributed by atoms with van der Waals surface area (Å²) in [5, 5.41) is 11.4. The second-order valence-corrected chi connectivity index (χ2v) is 14.1. The molecule has 0 bridgehead atoms. The van der Waals surface area contributed by atoms with Gasteiger partial charge in [-0.15, -0.1) is 0 Å². The number of aryl methyl sites for hydroxylation is 2. The van der Waals surface area contributed by atoms with Gasteiger partial charge in [0.05, 0.1) is 11.7 Å². The number of aromatic nitrogens is 3. The molecule has 0 aromatic carbocycles. The molecule has 1 saturated heterocycles. The standard InChI is InChI=1S/C35H58N8O5/c1-8-9-10-11-12-13-14-15-16-17-18-19-36-31(44)27-20-25(22-41(27)5)37-32(45)28-21-26(23-42(28)6)38-33(46)30-39-29(24-43(30)7)40-34(47)48-35(2,3)4/h21,23-25,27H,8-20,22H2,1-7H3,(H,36,44)(H,37,45)(H,38,46)(H,40,47). The Labute approximate surface area is 285 Å². The molecule has 0 radical (unpaired) electrons. The summed E-state index contributed by atoms with van der Waals surface area (Å²) in [7, 11) is 5.26. The van der Waals surface area contributed by atoms with Gasteiger partial charge in [0.1, 0.15) is 11.3 Å². The SMILES string of the molecule is CCCCCCCCCCCCCNC(=O)C1CC(NC(=O)c2cc(NC(=O)c3nc(NC(=O)OC(C)(C)C)cn3C)cn2C)CN1C. The van der Waals surface area contributed by atoms with Crippen molar-refractivity contribution in [1.29, 1.82) is 0 Å². The number of nitrogens with one attached hydrogen (secondary N) is 4. The molecule has 48 heavy (non-hydrogen) atoms. The van der Waals surface area contributed by atoms with Crippen molar-refractivity contribution in [2.75, 3.05) is 30.8 Å². The molecule has 2 aromatic rings. The molecule has 0 aliphatic carbocycles. The molecule has 1 aliphatic rings. The fourth-order valence-electron chi connectivity index (χ4n) is 5.98. The number of rotatable bonds is 18. The lowest BCUT2D eigenvalue weighted by molar-refractivity contribution is -0.125. The van der Waals surface area contributed by atoms with Gasteiger partial charge in [-0.05, 0) is 46.7 Å². The first-order chi connectivity index (χ1) is 22.8. The van der Waals surface area contributed by atoms with Crippen LogP contribution in [0, 0.1) is 0 Å². The van der Waals surface area contributed by atoms with E-state index in [-0.39, 0.29) is 35.5 Å². The normalized spacial score (nSPS) is 16.5. The van der Waals surface area contributed by atoms with E-state index < -0.39 is 17.6 Å². The zero-order chi connectivity index (χ0) is 35.3. The maximum absolute atomic E-state index is 13.2. The lowest BCUT2D eigenvalue weighted by atomic mass is 10.1. The van der Waals surface area contributed by atoms with E-state index >= 15 is 0 Å². The minimum atomic E-state index is -0.675. The highest BCUT2D eigenvalue weighted by Gasteiger charge is 2.35. The summed E-state index contributed by atoms with van der Waals surface area (Å²) in [4.78, 5) is 57.4. The number of carbonyl (C=O) groups is 4. The third-order valence-electron chi connectivity index (χ3n) is 8.47. The smallest absolute Gasteiger partial charge is 0.413 e. The molecule has 2 unspecified atom stereocenters. The Bertz CT molecular complexity index is 1360. The molecule has 2 atom stereocenters. The molecule has 0 spiro atoms. The van der Waals surface area contributed by atoms with Gasteiger partial charge in [0.25, 0.3) is 11.8 Å². The lowest BCUT2D eigenvalue weighted by Gasteiger charge is -2.18. The fourth-order valence-corrected chi connectivity index (χ4v) is 5.98. The van der Waals surface area contributed by atoms with E-state index in [0.717, 1.165) is 12.8 Å². The summed E-state index contributed by atoms with van der Waals surface area (Å²) in [6, 6.07) is 1.11. The zero-order valence-electron chi connectivity index (χ0n) is 30.1. The second kappa shape index (κ2) is 18.6. The summed E-state index contributed by atoms with van der Waals surface area (Å²) >= 11 is 0. The molecule has 268 valence electrons. The van der Waals surface area contributed by atoms with Crippen molar-refractivity contribution < 1.29 is 23.9 Å². The summed E-state index contributed by atoms with van der Waals surface area (Å²) in [5.74, 6) is -0.555. The van der Waals surface area contributed by atoms with Crippen molar-refractivity contribution in [1.82, 2.24) is 29.7 Å². The van der Waals surface area contributed by atoms with Gasteiger partial charge < -0.3 is 29.8 Å². The fraction of sp³-hybridized carbons (Fsp3) is 0.686. The monoisotopic (exact) mass is 670 g/mol. The maximum atomic E-state index is 13.2. The van der Waals surface area contributed by atoms with Gasteiger partial charge in [0.2, 0.25) is 11.7 Å². The Morgan fingerprint density at radius 2 is 1.48 bits per heavy atom. The van der Waals surface area contributed by atoms with Crippen LogP contribution in [-0.4, -0.2) is 80.7 Å². The van der Waals surface area contributed by atoms with Crippen LogP contribution in [0.5, 0.6) is 0 Å². The highest BCUT2D eigenvalue weighted by Crippen LogP contribution is 2.20. The van der Waals surface area contributed by atoms with Gasteiger partial charge in [-0.1, -0.05) is 71.1 Å². The van der Waals surface area contributed by atoms with E-state index in [1.165, 1.54) is 68.6 Å². The van der Waals surface area contributed by atoms with Crippen LogP contribution >= 0.6 is 0 Å². The number of ether oxygens (including phenoxy) is 1. The van der Waals surface area contributed by atoms with E-state index in [0.29, 0.717) is 30.9 Å². The average Bonchev–Trinajstić information content (AvgIpc) is 3.67. The summed E-state index contributed by atoms with van der Waals surface area (Å²) < 4.78 is 8.36. The molecule has 2 aromatic heterocycles. The summed E-state index contributed by atoms with van der Waals surface area (Å²) in [5.41, 5.74) is 0.108. The first kappa shape index (κ1) is 38.6. The van der Waals surface area contributed by atoms with E-state index in [1.54, 1.807) is 51.7 Å². The largest absolute Gasteiger partial charge is 0.444 e. The number of likely N-dealkylation sites (tertiary alicyclic amines) is 1. The Morgan fingerprint density at radius 1 is 0.854 bits per heavy atom. The highest BCUT2D eigenvalue weighted by atomic mass is 16.6. The molecular weight excluding hydrogens is 612 g/mol. The molecule has 13 heteroatoms. The molecule has 13 nitrogen and oxygen atoms in total. The van der Waals surface area contributed by atoms with Gasteiger partial charge in [0.15, 0.2) is 5.82 Å². The van der Waals surface area contributed by atoms with Crippen LogP contribution in [0.3, 0.4) is 0 Å². The number of unbranched alkanes of at least 4 members (excludes halogenated alkanes) is 10. The van der Waals surface area contributed by atoms with Gasteiger partial charge in [0, 0.05) is 45.6 Å². The summed E-state index contributed by atoms with van der Waals surface area (Å²) in [6.45, 7) is 8.74. The average molecular weight is 671 g/mol. The first-order valence-electron chi connectivity index (χ1n) is 17.6. The van der Waals surface area contributed by atoms with Crippen LogP contribution < -0.4 is 21.3 Å². The predicted molar refractivity (Wildman–Crippen MR) is 188 cm³/mol. The van der Waals surface area contributed by atoms with Crippen molar-refractivity contribution in [3.8, 4) is 0 Å². The second-order valence-electron chi connectivity index (χ2n) is 14.1. The quantitative estimate of drug-likeness (QED) is 0.151. The third kappa shape index (κ3) is 12.6. The van der Waals surface area contributed by atoms with Gasteiger partial charge in [-0.3, -0.25) is 24.6 Å². The summed E-state index contributed by atoms with van der Waals surface area (Å²) in [6.07, 6.45) is 16.9. The number of nitrogens with zero attached hydrogens (tertiary/aromatic N) is 4. The van der Waals surface area contributed by atoms with Crippen molar-refractivity contribution in [2.45, 2.75) is 122 Å². The molecule has 1 aliphatic heterocycles. The van der Waals surface area contributed by atoms with Crippen LogP contribution in [0.25, 0.3) is 0 Å². The zero-order valence-corrected chi connectivity index (χ0v) is 30.1. The van der Waals surface area contributed by atoms with Crippen LogP contribution in [0.15, 0.2) is 18.5 Å². The van der Waals surface area contributed by atoms with Crippen molar-refractivity contribution in [2.24, 2.45) is 14.1 Å². The topological polar surface area (TPSA) is 152 Å². The van der Waals surface area contributed by atoms with Crippen molar-refractivity contribution >= 4 is 35.3 Å². The Balaban J connectivity index is 1.40. The number of hydrogen-bond donors (Lipinski definition) is 4. The van der Waals surface area contributed by atoms with Crippen molar-refractivity contribution in [3.63, 3.8) is 0 Å². The third-order valence-corrected chi connectivity index (χ3v) is 8.47. The van der Waals surface area contributed by atoms with E-state index in [1.807, 2.05) is 11.9 Å². The number of likely N-dealkylation sites (N-methyl/N-ethyl adjacent to an activating group) is 1.